The molecule has 2 saturated carbocycles. The van der Waals surface area contributed by atoms with Crippen molar-refractivity contribution in [2.75, 3.05) is 6.61 Å². The number of ether oxygens (including phenoxy) is 1. The number of nitrogens with zero attached hydrogens (tertiary/aromatic N) is 2. The van der Waals surface area contributed by atoms with Gasteiger partial charge in [0.15, 0.2) is 4.77 Å². The zero-order valence-electron chi connectivity index (χ0n) is 9.76. The van der Waals surface area contributed by atoms with Gasteiger partial charge in [-0.05, 0) is 50.2 Å². The molecule has 0 spiro atoms. The molecule has 1 N–H and O–H groups in total. The summed E-state index contributed by atoms with van der Waals surface area (Å²) in [5, 5.41) is 7.40. The number of rotatable bonds is 3. The fraction of sp³-hybridized carbons (Fsp3) is 0.833. The van der Waals surface area contributed by atoms with Gasteiger partial charge in [0.05, 0.1) is 12.1 Å². The lowest BCUT2D eigenvalue weighted by Gasteiger charge is -2.20. The van der Waals surface area contributed by atoms with Crippen molar-refractivity contribution in [3.8, 4) is 0 Å². The Balaban J connectivity index is 1.72. The van der Waals surface area contributed by atoms with E-state index in [0.29, 0.717) is 18.1 Å². The monoisotopic (exact) mass is 251 g/mol. The molecule has 0 radical (unpaired) electrons. The third kappa shape index (κ3) is 1.67. The summed E-state index contributed by atoms with van der Waals surface area (Å²) >= 11 is 5.41. The molecule has 5 heteroatoms. The molecule has 1 aliphatic heterocycles. The van der Waals surface area contributed by atoms with Crippen molar-refractivity contribution in [3.63, 3.8) is 0 Å². The Morgan fingerprint density at radius 2 is 2.06 bits per heavy atom. The van der Waals surface area contributed by atoms with Crippen molar-refractivity contribution < 1.29 is 4.74 Å². The molecule has 3 fully saturated rings. The number of aromatic amines is 1. The largest absolute Gasteiger partial charge is 0.376 e. The molecule has 17 heavy (non-hydrogen) atoms. The lowest BCUT2D eigenvalue weighted by atomic mass is 10.1. The fourth-order valence-corrected chi connectivity index (χ4v) is 3.29. The first kappa shape index (κ1) is 10.3. The fourth-order valence-electron chi connectivity index (χ4n) is 3.02. The van der Waals surface area contributed by atoms with Gasteiger partial charge in [0.2, 0.25) is 0 Å². The van der Waals surface area contributed by atoms with Crippen LogP contribution in [0.5, 0.6) is 0 Å². The lowest BCUT2D eigenvalue weighted by Crippen LogP contribution is -2.23. The summed E-state index contributed by atoms with van der Waals surface area (Å²) in [7, 11) is 0. The van der Waals surface area contributed by atoms with Gasteiger partial charge in [-0.2, -0.15) is 5.10 Å². The minimum absolute atomic E-state index is 0.386. The number of hydrogen-bond donors (Lipinski definition) is 1. The van der Waals surface area contributed by atoms with Crippen LogP contribution in [-0.2, 0) is 4.74 Å². The van der Waals surface area contributed by atoms with E-state index in [1.165, 1.54) is 31.5 Å². The molecule has 92 valence electrons. The van der Waals surface area contributed by atoms with Crippen LogP contribution < -0.4 is 0 Å². The molecule has 0 amide bonds. The van der Waals surface area contributed by atoms with Gasteiger partial charge in [-0.15, -0.1) is 0 Å². The number of hydrogen-bond acceptors (Lipinski definition) is 3. The summed E-state index contributed by atoms with van der Waals surface area (Å²) in [5.74, 6) is 2.59. The van der Waals surface area contributed by atoms with Gasteiger partial charge in [-0.25, -0.2) is 0 Å². The third-order valence-corrected chi connectivity index (χ3v) is 4.48. The Morgan fingerprint density at radius 3 is 2.76 bits per heavy atom. The first-order valence-corrected chi connectivity index (χ1v) is 7.04. The molecule has 2 unspecified atom stereocenters. The van der Waals surface area contributed by atoms with Crippen molar-refractivity contribution in [1.29, 1.82) is 0 Å². The molecule has 2 aliphatic carbocycles. The van der Waals surface area contributed by atoms with E-state index < -0.39 is 0 Å². The Bertz CT molecular complexity index is 486. The molecular formula is C12H17N3OS. The molecule has 1 aromatic heterocycles. The van der Waals surface area contributed by atoms with Gasteiger partial charge in [0.25, 0.3) is 0 Å². The average molecular weight is 251 g/mol. The first-order valence-electron chi connectivity index (χ1n) is 6.63. The van der Waals surface area contributed by atoms with Crippen molar-refractivity contribution in [1.82, 2.24) is 14.8 Å². The zero-order valence-corrected chi connectivity index (χ0v) is 10.6. The van der Waals surface area contributed by atoms with Crippen LogP contribution in [0, 0.1) is 10.7 Å². The van der Waals surface area contributed by atoms with Crippen LogP contribution in [0.25, 0.3) is 0 Å². The maximum atomic E-state index is 5.91. The van der Waals surface area contributed by atoms with Crippen molar-refractivity contribution in [2.45, 2.75) is 50.2 Å². The van der Waals surface area contributed by atoms with E-state index in [9.17, 15) is 0 Å². The highest BCUT2D eigenvalue weighted by Crippen LogP contribution is 2.46. The molecule has 2 atom stereocenters. The van der Waals surface area contributed by atoms with E-state index in [2.05, 4.69) is 14.8 Å². The van der Waals surface area contributed by atoms with Crippen LogP contribution in [0.1, 0.15) is 49.9 Å². The lowest BCUT2D eigenvalue weighted by molar-refractivity contribution is 0.0742. The van der Waals surface area contributed by atoms with Gasteiger partial charge < -0.3 is 4.74 Å². The SMILES string of the molecule is S=c1[nH]nc(C2CC2)n1C1CCOC1C1CC1. The standard InChI is InChI=1S/C12H17N3OS/c17-12-14-13-11(8-3-4-8)15(12)9-5-6-16-10(9)7-1-2-7/h7-10H,1-6H2,(H,14,17). The number of H-pyrrole nitrogens is 1. The molecule has 4 nitrogen and oxygen atoms in total. The van der Waals surface area contributed by atoms with Crippen LogP contribution in [-0.4, -0.2) is 27.5 Å². The molecule has 3 aliphatic rings. The van der Waals surface area contributed by atoms with Gasteiger partial charge in [0, 0.05) is 12.5 Å². The Kier molecular flexibility index (Phi) is 2.21. The smallest absolute Gasteiger partial charge is 0.195 e. The molecule has 0 aromatic carbocycles. The van der Waals surface area contributed by atoms with E-state index >= 15 is 0 Å². The van der Waals surface area contributed by atoms with Crippen molar-refractivity contribution in [3.05, 3.63) is 10.6 Å². The van der Waals surface area contributed by atoms with Crippen molar-refractivity contribution in [2.24, 2.45) is 5.92 Å². The maximum absolute atomic E-state index is 5.91. The van der Waals surface area contributed by atoms with Gasteiger partial charge >= 0.3 is 0 Å². The second kappa shape index (κ2) is 3.65. The number of aromatic nitrogens is 3. The normalized spacial score (nSPS) is 33.2. The van der Waals surface area contributed by atoms with Gasteiger partial charge in [-0.1, -0.05) is 0 Å². The van der Waals surface area contributed by atoms with E-state index in [1.54, 1.807) is 0 Å². The Morgan fingerprint density at radius 1 is 1.24 bits per heavy atom. The summed E-state index contributed by atoms with van der Waals surface area (Å²) in [6.07, 6.45) is 6.66. The summed E-state index contributed by atoms with van der Waals surface area (Å²) in [6, 6.07) is 0.435. The van der Waals surface area contributed by atoms with E-state index in [0.717, 1.165) is 23.7 Å². The summed E-state index contributed by atoms with van der Waals surface area (Å²) in [6.45, 7) is 0.878. The zero-order chi connectivity index (χ0) is 11.4. The molecule has 4 rings (SSSR count). The Hall–Kier alpha value is -0.680. The molecule has 1 aromatic rings. The summed E-state index contributed by atoms with van der Waals surface area (Å²) in [5.41, 5.74) is 0. The van der Waals surface area contributed by atoms with E-state index in [4.69, 9.17) is 17.0 Å². The Labute approximate surface area is 105 Å². The topological polar surface area (TPSA) is 42.8 Å². The molecule has 2 heterocycles. The van der Waals surface area contributed by atoms with Gasteiger partial charge in [0.1, 0.15) is 5.82 Å². The third-order valence-electron chi connectivity index (χ3n) is 4.20. The quantitative estimate of drug-likeness (QED) is 0.840. The summed E-state index contributed by atoms with van der Waals surface area (Å²) in [4.78, 5) is 0. The average Bonchev–Trinajstić information content (AvgIpc) is 3.25. The van der Waals surface area contributed by atoms with Crippen LogP contribution in [0.3, 0.4) is 0 Å². The van der Waals surface area contributed by atoms with Crippen LogP contribution in [0.4, 0.5) is 0 Å². The second-order valence-corrected chi connectivity index (χ2v) is 5.95. The van der Waals surface area contributed by atoms with Gasteiger partial charge in [-0.3, -0.25) is 9.67 Å². The molecule has 1 saturated heterocycles. The van der Waals surface area contributed by atoms with E-state index in [1.807, 2.05) is 0 Å². The summed E-state index contributed by atoms with van der Waals surface area (Å²) < 4.78 is 8.97. The molecular weight excluding hydrogens is 234 g/mol. The highest BCUT2D eigenvalue weighted by Gasteiger charge is 2.43. The minimum atomic E-state index is 0.386. The molecule has 0 bridgehead atoms. The van der Waals surface area contributed by atoms with Crippen LogP contribution in [0.2, 0.25) is 0 Å². The van der Waals surface area contributed by atoms with Crippen LogP contribution >= 0.6 is 12.2 Å². The predicted molar refractivity (Wildman–Crippen MR) is 65.5 cm³/mol. The highest BCUT2D eigenvalue weighted by molar-refractivity contribution is 7.71. The highest BCUT2D eigenvalue weighted by atomic mass is 32.1. The van der Waals surface area contributed by atoms with Crippen molar-refractivity contribution >= 4 is 12.2 Å². The predicted octanol–water partition coefficient (Wildman–Crippen LogP) is 2.56. The first-order chi connectivity index (χ1) is 8.34. The maximum Gasteiger partial charge on any atom is 0.195 e. The number of nitrogens with one attached hydrogen (secondary N) is 1. The minimum Gasteiger partial charge on any atom is -0.376 e. The van der Waals surface area contributed by atoms with Crippen LogP contribution in [0.15, 0.2) is 0 Å². The second-order valence-electron chi connectivity index (χ2n) is 5.56. The van der Waals surface area contributed by atoms with E-state index in [-0.39, 0.29) is 0 Å².